The lowest BCUT2D eigenvalue weighted by atomic mass is 10.00. The van der Waals surface area contributed by atoms with E-state index in [9.17, 15) is 13.2 Å². The molecule has 6 nitrogen and oxygen atoms in total. The number of hydrazone groups is 1. The van der Waals surface area contributed by atoms with E-state index < -0.39 is 10.0 Å². The molecule has 1 aliphatic rings. The molecule has 1 fully saturated rings. The van der Waals surface area contributed by atoms with Gasteiger partial charge in [0.2, 0.25) is 10.0 Å². The largest absolute Gasteiger partial charge is 0.271 e. The first kappa shape index (κ1) is 27.9. The van der Waals surface area contributed by atoms with Crippen LogP contribution in [0, 0.1) is 13.8 Å². The number of hydrogen-bond acceptors (Lipinski definition) is 4. The molecule has 36 heavy (non-hydrogen) atoms. The first-order chi connectivity index (χ1) is 17.2. The average molecular weight is 512 g/mol. The zero-order chi connectivity index (χ0) is 26.0. The van der Waals surface area contributed by atoms with Crippen LogP contribution < -0.4 is 9.73 Å². The monoisotopic (exact) mass is 511 g/mol. The summed E-state index contributed by atoms with van der Waals surface area (Å²) in [6.07, 6.45) is 14.4. The Labute approximate surface area is 217 Å². The normalized spacial score (nSPS) is 15.9. The Balaban J connectivity index is 1.64. The molecule has 2 aromatic rings. The van der Waals surface area contributed by atoms with Crippen molar-refractivity contribution in [2.24, 2.45) is 5.10 Å². The Morgan fingerprint density at radius 3 is 1.92 bits per heavy atom. The summed E-state index contributed by atoms with van der Waals surface area (Å²) in [5.74, 6) is -0.241. The minimum absolute atomic E-state index is 0.200. The van der Waals surface area contributed by atoms with E-state index in [2.05, 4.69) is 10.5 Å². The molecular formula is C29H41N3O3S. The van der Waals surface area contributed by atoms with Gasteiger partial charge in [0.05, 0.1) is 18.5 Å². The Kier molecular flexibility index (Phi) is 10.5. The third kappa shape index (κ3) is 8.77. The van der Waals surface area contributed by atoms with E-state index in [1.54, 1.807) is 24.3 Å². The highest BCUT2D eigenvalue weighted by Crippen LogP contribution is 2.24. The number of nitrogens with one attached hydrogen (secondary N) is 1. The minimum Gasteiger partial charge on any atom is -0.267 e. The molecule has 0 atom stereocenters. The van der Waals surface area contributed by atoms with Crippen molar-refractivity contribution >= 4 is 27.3 Å². The van der Waals surface area contributed by atoms with Crippen molar-refractivity contribution in [3.05, 3.63) is 64.7 Å². The summed E-state index contributed by atoms with van der Waals surface area (Å²) < 4.78 is 26.4. The summed E-state index contributed by atoms with van der Waals surface area (Å²) in [7, 11) is -3.47. The first-order valence-electron chi connectivity index (χ1n) is 13.2. The zero-order valence-corrected chi connectivity index (χ0v) is 22.9. The smallest absolute Gasteiger partial charge is 0.267 e. The Morgan fingerprint density at radius 2 is 1.39 bits per heavy atom. The first-order valence-corrected chi connectivity index (χ1v) is 15.1. The van der Waals surface area contributed by atoms with Crippen molar-refractivity contribution in [1.82, 2.24) is 5.43 Å². The van der Waals surface area contributed by atoms with E-state index in [-0.39, 0.29) is 12.5 Å². The van der Waals surface area contributed by atoms with Crippen molar-refractivity contribution in [2.75, 3.05) is 10.6 Å². The van der Waals surface area contributed by atoms with Crippen molar-refractivity contribution in [2.45, 2.75) is 91.0 Å². The molecule has 1 aliphatic carbocycles. The molecule has 1 saturated carbocycles. The second-order valence-electron chi connectivity index (χ2n) is 10.0. The Hall–Kier alpha value is -2.67. The maximum atomic E-state index is 12.7. The highest BCUT2D eigenvalue weighted by atomic mass is 32.2. The molecule has 1 amide bonds. The molecule has 0 spiro atoms. The van der Waals surface area contributed by atoms with Gasteiger partial charge in [0.15, 0.2) is 0 Å². The molecule has 0 saturated heterocycles. The Morgan fingerprint density at radius 1 is 0.833 bits per heavy atom. The van der Waals surface area contributed by atoms with E-state index in [0.717, 1.165) is 48.1 Å². The van der Waals surface area contributed by atoms with Crippen LogP contribution in [-0.4, -0.2) is 26.3 Å². The molecule has 1 N–H and O–H groups in total. The summed E-state index contributed by atoms with van der Waals surface area (Å²) in [4.78, 5) is 12.7. The predicted molar refractivity (Wildman–Crippen MR) is 149 cm³/mol. The van der Waals surface area contributed by atoms with Gasteiger partial charge in [-0.2, -0.15) is 5.10 Å². The van der Waals surface area contributed by atoms with Gasteiger partial charge in [0, 0.05) is 11.3 Å². The zero-order valence-electron chi connectivity index (χ0n) is 22.1. The molecule has 0 bridgehead atoms. The maximum absolute atomic E-state index is 12.7. The van der Waals surface area contributed by atoms with Gasteiger partial charge in [-0.3, -0.25) is 9.10 Å². The van der Waals surface area contributed by atoms with Crippen molar-refractivity contribution < 1.29 is 13.2 Å². The van der Waals surface area contributed by atoms with Gasteiger partial charge in [-0.1, -0.05) is 63.1 Å². The topological polar surface area (TPSA) is 78.8 Å². The van der Waals surface area contributed by atoms with Gasteiger partial charge in [-0.15, -0.1) is 0 Å². The molecule has 0 aliphatic heterocycles. The lowest BCUT2D eigenvalue weighted by Crippen LogP contribution is -2.29. The Bertz CT molecular complexity index is 1130. The fourth-order valence-electron chi connectivity index (χ4n) is 4.53. The summed E-state index contributed by atoms with van der Waals surface area (Å²) in [5, 5.41) is 4.48. The molecule has 3 rings (SSSR count). The summed E-state index contributed by atoms with van der Waals surface area (Å²) >= 11 is 0. The fourth-order valence-corrected chi connectivity index (χ4v) is 5.41. The number of amides is 1. The predicted octanol–water partition coefficient (Wildman–Crippen LogP) is 6.66. The van der Waals surface area contributed by atoms with Crippen LogP contribution in [0.15, 0.2) is 47.6 Å². The molecule has 0 heterocycles. The van der Waals surface area contributed by atoms with Gasteiger partial charge < -0.3 is 0 Å². The number of carbonyl (C=O) groups is 1. The molecule has 196 valence electrons. The number of sulfonamides is 1. The second kappa shape index (κ2) is 13.6. The van der Waals surface area contributed by atoms with Crippen LogP contribution in [0.25, 0.3) is 0 Å². The third-order valence-corrected chi connectivity index (χ3v) is 8.11. The molecule has 0 aromatic heterocycles. The van der Waals surface area contributed by atoms with E-state index >= 15 is 0 Å². The summed E-state index contributed by atoms with van der Waals surface area (Å²) in [5.41, 5.74) is 7.93. The highest BCUT2D eigenvalue weighted by Gasteiger charge is 2.19. The SMILES string of the molecule is Cc1ccc(N(Cc2ccc(C(=O)NN=C3CCCCCCCCCCC3)cc2)S(C)(=O)=O)cc1C. The van der Waals surface area contributed by atoms with Crippen LogP contribution in [0.5, 0.6) is 0 Å². The average Bonchev–Trinajstić information content (AvgIpc) is 2.83. The lowest BCUT2D eigenvalue weighted by molar-refractivity contribution is 0.0954. The molecule has 7 heteroatoms. The quantitative estimate of drug-likeness (QED) is 0.440. The van der Waals surface area contributed by atoms with Gasteiger partial charge in [0.25, 0.3) is 5.91 Å². The number of aryl methyl sites for hydroxylation is 2. The number of rotatable bonds is 6. The van der Waals surface area contributed by atoms with Crippen LogP contribution in [0.4, 0.5) is 5.69 Å². The lowest BCUT2D eigenvalue weighted by Gasteiger charge is -2.23. The van der Waals surface area contributed by atoms with E-state index in [1.807, 2.05) is 32.0 Å². The number of hydrogen-bond donors (Lipinski definition) is 1. The van der Waals surface area contributed by atoms with Crippen molar-refractivity contribution in [1.29, 1.82) is 0 Å². The second-order valence-corrected chi connectivity index (χ2v) is 11.9. The van der Waals surface area contributed by atoms with E-state index in [1.165, 1.54) is 55.5 Å². The van der Waals surface area contributed by atoms with Crippen LogP contribution in [-0.2, 0) is 16.6 Å². The molecule has 0 unspecified atom stereocenters. The van der Waals surface area contributed by atoms with Gasteiger partial charge in [-0.25, -0.2) is 13.8 Å². The van der Waals surface area contributed by atoms with E-state index in [4.69, 9.17) is 0 Å². The molecular weight excluding hydrogens is 470 g/mol. The molecule has 0 radical (unpaired) electrons. The summed E-state index contributed by atoms with van der Waals surface area (Å²) in [6.45, 7) is 4.17. The van der Waals surface area contributed by atoms with Gasteiger partial charge in [-0.05, 0) is 80.5 Å². The van der Waals surface area contributed by atoms with Crippen LogP contribution in [0.2, 0.25) is 0 Å². The van der Waals surface area contributed by atoms with Crippen LogP contribution >= 0.6 is 0 Å². The minimum atomic E-state index is -3.47. The maximum Gasteiger partial charge on any atom is 0.271 e. The number of benzene rings is 2. The van der Waals surface area contributed by atoms with Gasteiger partial charge >= 0.3 is 0 Å². The van der Waals surface area contributed by atoms with Crippen molar-refractivity contribution in [3.8, 4) is 0 Å². The van der Waals surface area contributed by atoms with Gasteiger partial charge in [0.1, 0.15) is 0 Å². The fraction of sp³-hybridized carbons (Fsp3) is 0.517. The van der Waals surface area contributed by atoms with Crippen LogP contribution in [0.1, 0.15) is 97.7 Å². The summed E-state index contributed by atoms with van der Waals surface area (Å²) in [6, 6.07) is 12.7. The molecule has 2 aromatic carbocycles. The standard InChI is InChI=1S/C29H41N3O3S/c1-23-15-20-28(21-24(23)2)32(36(3,34)35)22-25-16-18-26(19-17-25)29(33)31-30-27-13-11-9-7-5-4-6-8-10-12-14-27/h15-21H,4-14,22H2,1-3H3,(H,31,33). The van der Waals surface area contributed by atoms with Crippen LogP contribution in [0.3, 0.4) is 0 Å². The van der Waals surface area contributed by atoms with Crippen molar-refractivity contribution in [3.63, 3.8) is 0 Å². The third-order valence-electron chi connectivity index (χ3n) is 6.97. The number of nitrogens with zero attached hydrogens (tertiary/aromatic N) is 2. The number of anilines is 1. The van der Waals surface area contributed by atoms with E-state index in [0.29, 0.717) is 11.3 Å². The number of carbonyl (C=O) groups excluding carboxylic acids is 1. The highest BCUT2D eigenvalue weighted by molar-refractivity contribution is 7.92.